The fourth-order valence-corrected chi connectivity index (χ4v) is 3.51. The van der Waals surface area contributed by atoms with E-state index >= 15 is 0 Å². The highest BCUT2D eigenvalue weighted by molar-refractivity contribution is 5.69. The van der Waals surface area contributed by atoms with Crippen molar-refractivity contribution >= 4 is 11.9 Å². The van der Waals surface area contributed by atoms with Gasteiger partial charge in [-0.15, -0.1) is 0 Å². The third-order valence-electron chi connectivity index (χ3n) is 5.09. The highest BCUT2D eigenvalue weighted by atomic mass is 16.4. The second-order valence-electron chi connectivity index (χ2n) is 7.81. The number of carboxylic acids is 2. The Labute approximate surface area is 175 Å². The first-order valence-electron chi connectivity index (χ1n) is 11.1. The van der Waals surface area contributed by atoms with E-state index in [9.17, 15) is 9.59 Å². The van der Waals surface area contributed by atoms with Crippen LogP contribution in [-0.4, -0.2) is 45.1 Å². The van der Waals surface area contributed by atoms with Crippen molar-refractivity contribution < 1.29 is 19.8 Å². The van der Waals surface area contributed by atoms with E-state index < -0.39 is 11.9 Å². The molecular formula is C23H38N2O4. The minimum absolute atomic E-state index is 0.0624. The molecule has 0 aromatic carbocycles. The third-order valence-corrected chi connectivity index (χ3v) is 5.09. The van der Waals surface area contributed by atoms with E-state index in [-0.39, 0.29) is 6.54 Å². The van der Waals surface area contributed by atoms with Crippen LogP contribution < -0.4 is 0 Å². The van der Waals surface area contributed by atoms with Gasteiger partial charge in [-0.05, 0) is 31.5 Å². The van der Waals surface area contributed by atoms with Gasteiger partial charge in [0.25, 0.3) is 0 Å². The Bertz CT molecular complexity index is 551. The quantitative estimate of drug-likeness (QED) is 0.310. The molecule has 0 bridgehead atoms. The molecule has 6 nitrogen and oxygen atoms in total. The summed E-state index contributed by atoms with van der Waals surface area (Å²) >= 11 is 0. The molecule has 164 valence electrons. The fourth-order valence-electron chi connectivity index (χ4n) is 3.51. The van der Waals surface area contributed by atoms with Crippen LogP contribution in [0.25, 0.3) is 0 Å². The van der Waals surface area contributed by atoms with Gasteiger partial charge in [0.2, 0.25) is 0 Å². The molecule has 0 saturated heterocycles. The molecule has 0 unspecified atom stereocenters. The van der Waals surface area contributed by atoms with E-state index in [1.165, 1.54) is 44.9 Å². The van der Waals surface area contributed by atoms with Gasteiger partial charge >= 0.3 is 11.9 Å². The number of nitrogens with zero attached hydrogens (tertiary/aromatic N) is 2. The molecule has 0 aliphatic rings. The Hall–Kier alpha value is -1.95. The van der Waals surface area contributed by atoms with Crippen molar-refractivity contribution in [3.05, 3.63) is 30.1 Å². The maximum Gasteiger partial charge on any atom is 0.317 e. The Morgan fingerprint density at radius 2 is 1.31 bits per heavy atom. The van der Waals surface area contributed by atoms with Crippen LogP contribution in [0.3, 0.4) is 0 Å². The van der Waals surface area contributed by atoms with Crippen molar-refractivity contribution in [3.8, 4) is 0 Å². The van der Waals surface area contributed by atoms with Gasteiger partial charge in [0.05, 0.1) is 12.2 Å². The van der Waals surface area contributed by atoms with E-state index in [2.05, 4.69) is 4.98 Å². The number of pyridine rings is 1. The second kappa shape index (κ2) is 17.0. The molecule has 1 aromatic heterocycles. The highest BCUT2D eigenvalue weighted by Crippen LogP contribution is 2.13. The number of unbranched alkanes of at least 4 members (excludes halogenated alkanes) is 11. The largest absolute Gasteiger partial charge is 0.481 e. The summed E-state index contributed by atoms with van der Waals surface area (Å²) in [6.07, 6.45) is 16.0. The molecule has 2 N–H and O–H groups in total. The van der Waals surface area contributed by atoms with Crippen molar-refractivity contribution in [2.75, 3.05) is 13.1 Å². The van der Waals surface area contributed by atoms with Gasteiger partial charge in [-0.25, -0.2) is 0 Å². The molecule has 1 aromatic rings. The van der Waals surface area contributed by atoms with E-state index in [0.717, 1.165) is 44.3 Å². The maximum atomic E-state index is 11.1. The van der Waals surface area contributed by atoms with E-state index in [1.807, 2.05) is 23.1 Å². The van der Waals surface area contributed by atoms with Crippen LogP contribution in [-0.2, 0) is 16.1 Å². The molecule has 0 amide bonds. The van der Waals surface area contributed by atoms with Gasteiger partial charge in [-0.2, -0.15) is 0 Å². The minimum Gasteiger partial charge on any atom is -0.481 e. The average molecular weight is 407 g/mol. The van der Waals surface area contributed by atoms with Gasteiger partial charge in [0, 0.05) is 19.2 Å². The summed E-state index contributed by atoms with van der Waals surface area (Å²) in [4.78, 5) is 27.7. The molecular weight excluding hydrogens is 368 g/mol. The molecule has 6 heteroatoms. The van der Waals surface area contributed by atoms with E-state index in [1.54, 1.807) is 6.20 Å². The Balaban J connectivity index is 1.96. The topological polar surface area (TPSA) is 90.7 Å². The summed E-state index contributed by atoms with van der Waals surface area (Å²) in [6.45, 7) is 1.45. The van der Waals surface area contributed by atoms with E-state index in [4.69, 9.17) is 10.2 Å². The average Bonchev–Trinajstić information content (AvgIpc) is 2.68. The van der Waals surface area contributed by atoms with Gasteiger partial charge in [0.15, 0.2) is 0 Å². The summed E-state index contributed by atoms with van der Waals surface area (Å²) in [6, 6.07) is 5.74. The van der Waals surface area contributed by atoms with Crippen LogP contribution >= 0.6 is 0 Å². The van der Waals surface area contributed by atoms with Crippen LogP contribution in [0.15, 0.2) is 24.4 Å². The third kappa shape index (κ3) is 15.6. The Kier molecular flexibility index (Phi) is 14.7. The molecule has 0 fully saturated rings. The predicted molar refractivity (Wildman–Crippen MR) is 115 cm³/mol. The van der Waals surface area contributed by atoms with Gasteiger partial charge in [-0.3, -0.25) is 19.5 Å². The van der Waals surface area contributed by atoms with Crippen molar-refractivity contribution in [3.63, 3.8) is 0 Å². The molecule has 0 spiro atoms. The smallest absolute Gasteiger partial charge is 0.317 e. The zero-order chi connectivity index (χ0) is 21.2. The molecule has 0 radical (unpaired) electrons. The fraction of sp³-hybridized carbons (Fsp3) is 0.696. The maximum absolute atomic E-state index is 11.1. The zero-order valence-corrected chi connectivity index (χ0v) is 17.7. The van der Waals surface area contributed by atoms with Gasteiger partial charge < -0.3 is 10.2 Å². The van der Waals surface area contributed by atoms with Crippen molar-refractivity contribution in [1.82, 2.24) is 9.88 Å². The van der Waals surface area contributed by atoms with Crippen LogP contribution in [0.2, 0.25) is 0 Å². The molecule has 0 aliphatic heterocycles. The van der Waals surface area contributed by atoms with Crippen LogP contribution in [0.4, 0.5) is 0 Å². The first-order valence-corrected chi connectivity index (χ1v) is 11.1. The van der Waals surface area contributed by atoms with Crippen LogP contribution in [0.1, 0.15) is 89.2 Å². The summed E-state index contributed by atoms with van der Waals surface area (Å²) in [5, 5.41) is 17.7. The Morgan fingerprint density at radius 3 is 1.79 bits per heavy atom. The lowest BCUT2D eigenvalue weighted by Crippen LogP contribution is -2.30. The normalized spacial score (nSPS) is 11.1. The lowest BCUT2D eigenvalue weighted by atomic mass is 10.0. The number of aliphatic carboxylic acids is 2. The van der Waals surface area contributed by atoms with E-state index in [0.29, 0.717) is 13.0 Å². The monoisotopic (exact) mass is 406 g/mol. The number of carbonyl (C=O) groups is 2. The first-order chi connectivity index (χ1) is 14.1. The van der Waals surface area contributed by atoms with Crippen LogP contribution in [0.5, 0.6) is 0 Å². The molecule has 0 saturated carbocycles. The second-order valence-corrected chi connectivity index (χ2v) is 7.81. The van der Waals surface area contributed by atoms with Crippen LogP contribution in [0, 0.1) is 0 Å². The lowest BCUT2D eigenvalue weighted by Gasteiger charge is -2.19. The molecule has 1 heterocycles. The van der Waals surface area contributed by atoms with Crippen molar-refractivity contribution in [2.45, 2.75) is 90.0 Å². The zero-order valence-electron chi connectivity index (χ0n) is 17.7. The van der Waals surface area contributed by atoms with Crippen molar-refractivity contribution in [1.29, 1.82) is 0 Å². The summed E-state index contributed by atoms with van der Waals surface area (Å²) in [5.41, 5.74) is 0.913. The van der Waals surface area contributed by atoms with Crippen molar-refractivity contribution in [2.24, 2.45) is 0 Å². The molecule has 1 rings (SSSR count). The summed E-state index contributed by atoms with van der Waals surface area (Å²) < 4.78 is 0. The highest BCUT2D eigenvalue weighted by Gasteiger charge is 2.10. The number of rotatable bonds is 19. The lowest BCUT2D eigenvalue weighted by molar-refractivity contribution is -0.139. The molecule has 0 aliphatic carbocycles. The number of hydrogen-bond acceptors (Lipinski definition) is 4. The number of hydrogen-bond donors (Lipinski definition) is 2. The van der Waals surface area contributed by atoms with Gasteiger partial charge in [0.1, 0.15) is 0 Å². The summed E-state index contributed by atoms with van der Waals surface area (Å²) in [7, 11) is 0. The number of aromatic nitrogens is 1. The molecule has 29 heavy (non-hydrogen) atoms. The van der Waals surface area contributed by atoms with Gasteiger partial charge in [-0.1, -0.05) is 70.3 Å². The number of carboxylic acid groups (broad SMARTS) is 2. The summed E-state index contributed by atoms with van der Waals surface area (Å²) in [5.74, 6) is -1.48. The standard InChI is InChI=1S/C23H38N2O4/c26-22(27)16-11-9-7-5-3-1-2-4-6-8-10-14-18-25(20-23(28)29)19-21-15-12-13-17-24-21/h12-13,15,17H,1-11,14,16,18-20H2,(H,26,27)(H,28,29). The minimum atomic E-state index is -0.789. The SMILES string of the molecule is O=C(O)CCCCCCCCCCCCCCN(CC(=O)O)Cc1ccccn1. The molecule has 0 atom stereocenters. The first kappa shape index (κ1) is 25.1. The Morgan fingerprint density at radius 1 is 0.759 bits per heavy atom. The predicted octanol–water partition coefficient (Wildman–Crippen LogP) is 5.12.